The first-order valence-electron chi connectivity index (χ1n) is 7.40. The maximum absolute atomic E-state index is 12.2. The van der Waals surface area contributed by atoms with E-state index in [-0.39, 0.29) is 12.0 Å². The molecule has 1 aliphatic rings. The summed E-state index contributed by atoms with van der Waals surface area (Å²) in [5.74, 6) is 0.312. The van der Waals surface area contributed by atoms with Gasteiger partial charge in [0.05, 0.1) is 18.8 Å². The summed E-state index contributed by atoms with van der Waals surface area (Å²) in [5.41, 5.74) is 2.29. The predicted octanol–water partition coefficient (Wildman–Crippen LogP) is 3.57. The fourth-order valence-electron chi connectivity index (χ4n) is 2.29. The minimum atomic E-state index is -0.199. The topological polar surface area (TPSA) is 60.5 Å². The molecule has 1 atom stereocenters. The quantitative estimate of drug-likeness (QED) is 0.885. The highest BCUT2D eigenvalue weighted by Gasteiger charge is 2.17. The van der Waals surface area contributed by atoms with Crippen molar-refractivity contribution in [2.75, 3.05) is 18.5 Å². The van der Waals surface area contributed by atoms with Crippen LogP contribution in [-0.4, -0.2) is 30.2 Å². The number of pyridine rings is 1. The molecule has 0 saturated carbocycles. The minimum absolute atomic E-state index is 0.0490. The highest BCUT2D eigenvalue weighted by molar-refractivity contribution is 9.10. The zero-order valence-corrected chi connectivity index (χ0v) is 14.3. The Labute approximate surface area is 143 Å². The van der Waals surface area contributed by atoms with E-state index in [1.165, 1.54) is 6.20 Å². The van der Waals surface area contributed by atoms with E-state index in [0.717, 1.165) is 28.8 Å². The van der Waals surface area contributed by atoms with Crippen LogP contribution in [0.2, 0.25) is 0 Å². The largest absolute Gasteiger partial charge is 0.472 e. The molecule has 1 aliphatic heterocycles. The first-order chi connectivity index (χ1) is 11.1. The molecule has 23 heavy (non-hydrogen) atoms. The number of benzene rings is 1. The van der Waals surface area contributed by atoms with Crippen LogP contribution in [0.3, 0.4) is 0 Å². The Morgan fingerprint density at radius 2 is 2.26 bits per heavy atom. The number of nitrogens with one attached hydrogen (secondary N) is 1. The number of carbonyl (C=O) groups is 1. The smallest absolute Gasteiger partial charge is 0.257 e. The molecule has 0 bridgehead atoms. The Morgan fingerprint density at radius 1 is 1.39 bits per heavy atom. The van der Waals surface area contributed by atoms with Crippen molar-refractivity contribution in [2.24, 2.45) is 0 Å². The van der Waals surface area contributed by atoms with Crippen LogP contribution in [0.5, 0.6) is 5.88 Å². The summed E-state index contributed by atoms with van der Waals surface area (Å²) in [6.07, 6.45) is 2.44. The number of anilines is 1. The van der Waals surface area contributed by atoms with Crippen molar-refractivity contribution >= 4 is 27.5 Å². The second kappa shape index (κ2) is 7.10. The molecule has 120 valence electrons. The van der Waals surface area contributed by atoms with Gasteiger partial charge in [-0.3, -0.25) is 4.79 Å². The third-order valence-electron chi connectivity index (χ3n) is 3.59. The van der Waals surface area contributed by atoms with Gasteiger partial charge in [0.2, 0.25) is 5.88 Å². The second-order valence-electron chi connectivity index (χ2n) is 5.41. The molecule has 1 N–H and O–H groups in total. The average molecular weight is 377 g/mol. The number of nitrogens with zero attached hydrogens (tertiary/aromatic N) is 1. The molecule has 1 aromatic heterocycles. The highest BCUT2D eigenvalue weighted by atomic mass is 79.9. The van der Waals surface area contributed by atoms with Crippen molar-refractivity contribution < 1.29 is 14.3 Å². The first kappa shape index (κ1) is 16.0. The van der Waals surface area contributed by atoms with Crippen LogP contribution in [0.4, 0.5) is 5.69 Å². The van der Waals surface area contributed by atoms with E-state index in [2.05, 4.69) is 26.2 Å². The molecule has 1 saturated heterocycles. The number of rotatable bonds is 4. The maximum atomic E-state index is 12.2. The van der Waals surface area contributed by atoms with E-state index in [1.807, 2.05) is 25.1 Å². The predicted molar refractivity (Wildman–Crippen MR) is 90.9 cm³/mol. The van der Waals surface area contributed by atoms with Gasteiger partial charge < -0.3 is 14.8 Å². The third kappa shape index (κ3) is 4.09. The van der Waals surface area contributed by atoms with Gasteiger partial charge in [0, 0.05) is 28.8 Å². The van der Waals surface area contributed by atoms with Crippen LogP contribution in [0.15, 0.2) is 41.0 Å². The van der Waals surface area contributed by atoms with Crippen LogP contribution in [-0.2, 0) is 4.74 Å². The number of carbonyl (C=O) groups excluding carboxylic acids is 1. The van der Waals surface area contributed by atoms with Gasteiger partial charge in [0.25, 0.3) is 5.91 Å². The number of hydrogen-bond donors (Lipinski definition) is 1. The van der Waals surface area contributed by atoms with Crippen LogP contribution >= 0.6 is 15.9 Å². The Balaban J connectivity index is 1.63. The van der Waals surface area contributed by atoms with Crippen molar-refractivity contribution in [3.05, 3.63) is 52.1 Å². The summed E-state index contributed by atoms with van der Waals surface area (Å²) in [6, 6.07) is 9.08. The van der Waals surface area contributed by atoms with Crippen molar-refractivity contribution in [3.8, 4) is 5.88 Å². The summed E-state index contributed by atoms with van der Waals surface area (Å²) in [6.45, 7) is 3.28. The Morgan fingerprint density at radius 3 is 2.91 bits per heavy atom. The van der Waals surface area contributed by atoms with E-state index in [9.17, 15) is 4.79 Å². The van der Waals surface area contributed by atoms with Gasteiger partial charge in [-0.15, -0.1) is 0 Å². The lowest BCUT2D eigenvalue weighted by atomic mass is 10.2. The van der Waals surface area contributed by atoms with Crippen LogP contribution in [0.25, 0.3) is 0 Å². The third-order valence-corrected chi connectivity index (χ3v) is 4.48. The van der Waals surface area contributed by atoms with Crippen LogP contribution in [0, 0.1) is 6.92 Å². The van der Waals surface area contributed by atoms with Gasteiger partial charge >= 0.3 is 0 Å². The Hall–Kier alpha value is -1.92. The molecule has 2 heterocycles. The van der Waals surface area contributed by atoms with Crippen molar-refractivity contribution in [1.82, 2.24) is 4.98 Å². The summed E-state index contributed by atoms with van der Waals surface area (Å²) >= 11 is 3.44. The lowest BCUT2D eigenvalue weighted by Crippen LogP contribution is -2.17. The monoisotopic (exact) mass is 376 g/mol. The summed E-state index contributed by atoms with van der Waals surface area (Å²) < 4.78 is 11.9. The summed E-state index contributed by atoms with van der Waals surface area (Å²) in [4.78, 5) is 16.4. The van der Waals surface area contributed by atoms with Gasteiger partial charge in [-0.25, -0.2) is 4.98 Å². The molecule has 6 heteroatoms. The molecule has 1 aromatic carbocycles. The highest BCUT2D eigenvalue weighted by Crippen LogP contribution is 2.21. The summed E-state index contributed by atoms with van der Waals surface area (Å²) in [5, 5.41) is 2.86. The average Bonchev–Trinajstić information content (AvgIpc) is 3.04. The molecule has 1 amide bonds. The number of aromatic nitrogens is 1. The van der Waals surface area contributed by atoms with E-state index in [0.29, 0.717) is 18.1 Å². The van der Waals surface area contributed by atoms with Crippen molar-refractivity contribution in [2.45, 2.75) is 19.4 Å². The number of ether oxygens (including phenoxy) is 2. The second-order valence-corrected chi connectivity index (χ2v) is 6.26. The number of halogens is 1. The lowest BCUT2D eigenvalue weighted by molar-refractivity contribution is 0.102. The molecular formula is C17H17BrN2O3. The van der Waals surface area contributed by atoms with Crippen molar-refractivity contribution in [3.63, 3.8) is 0 Å². The maximum Gasteiger partial charge on any atom is 0.257 e. The molecule has 3 rings (SSSR count). The van der Waals surface area contributed by atoms with E-state index in [1.54, 1.807) is 12.1 Å². The van der Waals surface area contributed by atoms with Crippen LogP contribution < -0.4 is 10.1 Å². The zero-order valence-electron chi connectivity index (χ0n) is 12.7. The Bertz CT molecular complexity index is 697. The van der Waals surface area contributed by atoms with Gasteiger partial charge in [-0.2, -0.15) is 0 Å². The van der Waals surface area contributed by atoms with Gasteiger partial charge in [-0.1, -0.05) is 15.9 Å². The minimum Gasteiger partial charge on any atom is -0.472 e. The number of amides is 1. The molecule has 0 spiro atoms. The SMILES string of the molecule is Cc1cc(NC(=O)c2ccc(OC3CCOC3)nc2)ccc1Br. The molecule has 1 unspecified atom stereocenters. The van der Waals surface area contributed by atoms with Crippen molar-refractivity contribution in [1.29, 1.82) is 0 Å². The molecule has 0 aliphatic carbocycles. The van der Waals surface area contributed by atoms with E-state index < -0.39 is 0 Å². The standard InChI is InChI=1S/C17H17BrN2O3/c1-11-8-13(3-4-15(11)18)20-17(21)12-2-5-16(19-9-12)23-14-6-7-22-10-14/h2-5,8-9,14H,6-7,10H2,1H3,(H,20,21). The Kier molecular flexibility index (Phi) is 4.93. The molecular weight excluding hydrogens is 360 g/mol. The van der Waals surface area contributed by atoms with E-state index in [4.69, 9.17) is 9.47 Å². The molecule has 2 aromatic rings. The molecule has 1 fully saturated rings. The van der Waals surface area contributed by atoms with Gasteiger partial charge in [0.15, 0.2) is 0 Å². The van der Waals surface area contributed by atoms with Crippen LogP contribution in [0.1, 0.15) is 22.3 Å². The number of hydrogen-bond acceptors (Lipinski definition) is 4. The fourth-order valence-corrected chi connectivity index (χ4v) is 2.53. The molecule has 5 nitrogen and oxygen atoms in total. The van der Waals surface area contributed by atoms with E-state index >= 15 is 0 Å². The zero-order chi connectivity index (χ0) is 16.2. The van der Waals surface area contributed by atoms with Gasteiger partial charge in [0.1, 0.15) is 6.10 Å². The van der Waals surface area contributed by atoms with Gasteiger partial charge in [-0.05, 0) is 36.8 Å². The normalized spacial score (nSPS) is 17.0. The fraction of sp³-hybridized carbons (Fsp3) is 0.294. The molecule has 0 radical (unpaired) electrons. The number of aryl methyl sites for hydroxylation is 1. The first-order valence-corrected chi connectivity index (χ1v) is 8.19. The summed E-state index contributed by atoms with van der Waals surface area (Å²) in [7, 11) is 0. The lowest BCUT2D eigenvalue weighted by Gasteiger charge is -2.11.